The van der Waals surface area contributed by atoms with Crippen molar-refractivity contribution in [2.75, 3.05) is 12.3 Å². The summed E-state index contributed by atoms with van der Waals surface area (Å²) in [6.45, 7) is 0.752. The van der Waals surface area contributed by atoms with Crippen LogP contribution in [0, 0.1) is 5.92 Å². The molecule has 2 N–H and O–H groups in total. The first-order valence-electron chi connectivity index (χ1n) is 5.74. The van der Waals surface area contributed by atoms with Crippen LogP contribution in [0.25, 0.3) is 0 Å². The number of nitrogens with one attached hydrogen (secondary N) is 1. The van der Waals surface area contributed by atoms with Crippen molar-refractivity contribution in [2.45, 2.75) is 17.9 Å². The number of nitrogens with zero attached hydrogens (tertiary/aromatic N) is 1. The Morgan fingerprint density at radius 2 is 2.28 bits per heavy atom. The number of thioether (sulfide) groups is 1. The van der Waals surface area contributed by atoms with E-state index < -0.39 is 5.97 Å². The van der Waals surface area contributed by atoms with Crippen molar-refractivity contribution in [1.29, 1.82) is 0 Å². The summed E-state index contributed by atoms with van der Waals surface area (Å²) in [5.74, 6) is -0.0951. The second-order valence-electron chi connectivity index (χ2n) is 4.22. The predicted octanol–water partition coefficient (Wildman–Crippen LogP) is 1.40. The Morgan fingerprint density at radius 3 is 2.94 bits per heavy atom. The van der Waals surface area contributed by atoms with Crippen molar-refractivity contribution in [3.05, 3.63) is 23.9 Å². The fraction of sp³-hybridized carbons (Fsp3) is 0.417. The molecule has 0 saturated heterocycles. The number of aromatic carboxylic acids is 1. The SMILES string of the molecule is O=C(CSc1cc(C(=O)O)ccn1)NCC1CC1. The van der Waals surface area contributed by atoms with Crippen molar-refractivity contribution >= 4 is 23.6 Å². The van der Waals surface area contributed by atoms with Gasteiger partial charge in [-0.25, -0.2) is 9.78 Å². The largest absolute Gasteiger partial charge is 0.478 e. The third-order valence-corrected chi connectivity index (χ3v) is 3.54. The first-order chi connectivity index (χ1) is 8.65. The zero-order valence-corrected chi connectivity index (χ0v) is 10.6. The molecule has 1 aliphatic carbocycles. The predicted molar refractivity (Wildman–Crippen MR) is 67.7 cm³/mol. The van der Waals surface area contributed by atoms with Crippen molar-refractivity contribution < 1.29 is 14.7 Å². The highest BCUT2D eigenvalue weighted by Gasteiger charge is 2.21. The fourth-order valence-electron chi connectivity index (χ4n) is 1.39. The van der Waals surface area contributed by atoms with E-state index in [4.69, 9.17) is 5.11 Å². The van der Waals surface area contributed by atoms with Gasteiger partial charge in [-0.05, 0) is 30.9 Å². The van der Waals surface area contributed by atoms with Gasteiger partial charge in [0.05, 0.1) is 16.3 Å². The third-order valence-electron chi connectivity index (χ3n) is 2.62. The lowest BCUT2D eigenvalue weighted by molar-refractivity contribution is -0.118. The Labute approximate surface area is 109 Å². The molecule has 1 heterocycles. The van der Waals surface area contributed by atoms with Gasteiger partial charge in [-0.2, -0.15) is 0 Å². The molecule has 0 radical (unpaired) electrons. The van der Waals surface area contributed by atoms with Gasteiger partial charge in [0.15, 0.2) is 0 Å². The van der Waals surface area contributed by atoms with Crippen molar-refractivity contribution in [3.63, 3.8) is 0 Å². The monoisotopic (exact) mass is 266 g/mol. The lowest BCUT2D eigenvalue weighted by Gasteiger charge is -2.04. The number of carbonyl (C=O) groups excluding carboxylic acids is 1. The number of carboxylic acids is 1. The van der Waals surface area contributed by atoms with E-state index in [1.54, 1.807) is 0 Å². The highest BCUT2D eigenvalue weighted by molar-refractivity contribution is 7.99. The van der Waals surface area contributed by atoms with Crippen LogP contribution in [0.1, 0.15) is 23.2 Å². The zero-order chi connectivity index (χ0) is 13.0. The smallest absolute Gasteiger partial charge is 0.335 e. The molecule has 1 fully saturated rings. The number of aromatic nitrogens is 1. The first-order valence-corrected chi connectivity index (χ1v) is 6.72. The van der Waals surface area contributed by atoms with Crippen molar-refractivity contribution in [1.82, 2.24) is 10.3 Å². The first kappa shape index (κ1) is 12.9. The molecule has 6 heteroatoms. The number of rotatable bonds is 6. The molecule has 1 amide bonds. The van der Waals surface area contributed by atoms with E-state index in [-0.39, 0.29) is 17.2 Å². The highest BCUT2D eigenvalue weighted by atomic mass is 32.2. The second-order valence-corrected chi connectivity index (χ2v) is 5.22. The van der Waals surface area contributed by atoms with Gasteiger partial charge in [0.25, 0.3) is 0 Å². The van der Waals surface area contributed by atoms with E-state index in [0.717, 1.165) is 6.54 Å². The molecule has 0 spiro atoms. The molecule has 0 bridgehead atoms. The lowest BCUT2D eigenvalue weighted by Crippen LogP contribution is -2.27. The molecule has 0 aromatic carbocycles. The van der Waals surface area contributed by atoms with E-state index in [2.05, 4.69) is 10.3 Å². The summed E-state index contributed by atoms with van der Waals surface area (Å²) in [6, 6.07) is 2.90. The number of carboxylic acid groups (broad SMARTS) is 1. The number of hydrogen-bond donors (Lipinski definition) is 2. The molecular formula is C12H14N2O3S. The molecular weight excluding hydrogens is 252 g/mol. The van der Waals surface area contributed by atoms with Crippen LogP contribution in [0.4, 0.5) is 0 Å². The summed E-state index contributed by atoms with van der Waals surface area (Å²) in [5, 5.41) is 12.2. The summed E-state index contributed by atoms with van der Waals surface area (Å²) < 4.78 is 0. The minimum Gasteiger partial charge on any atom is -0.478 e. The number of pyridine rings is 1. The standard InChI is InChI=1S/C12H14N2O3S/c15-10(14-6-8-1-2-8)7-18-11-5-9(12(16)17)3-4-13-11/h3-5,8H,1-2,6-7H2,(H,14,15)(H,16,17). The second kappa shape index (κ2) is 5.86. The quantitative estimate of drug-likeness (QED) is 0.761. The third kappa shape index (κ3) is 4.03. The maximum atomic E-state index is 11.5. The van der Waals surface area contributed by atoms with Crippen LogP contribution in [-0.4, -0.2) is 34.3 Å². The van der Waals surface area contributed by atoms with Gasteiger partial charge in [0.2, 0.25) is 5.91 Å². The number of hydrogen-bond acceptors (Lipinski definition) is 4. The van der Waals surface area contributed by atoms with E-state index in [0.29, 0.717) is 10.9 Å². The molecule has 1 aliphatic rings. The normalized spacial score (nSPS) is 14.2. The van der Waals surface area contributed by atoms with E-state index >= 15 is 0 Å². The van der Waals surface area contributed by atoms with Crippen LogP contribution in [0.5, 0.6) is 0 Å². The van der Waals surface area contributed by atoms with Crippen LogP contribution in [0.3, 0.4) is 0 Å². The summed E-state index contributed by atoms with van der Waals surface area (Å²) in [4.78, 5) is 26.3. The van der Waals surface area contributed by atoms with Crippen LogP contribution in [0.2, 0.25) is 0 Å². The van der Waals surface area contributed by atoms with Gasteiger partial charge in [0.1, 0.15) is 0 Å². The van der Waals surface area contributed by atoms with Gasteiger partial charge in [0, 0.05) is 12.7 Å². The van der Waals surface area contributed by atoms with Crippen LogP contribution in [0.15, 0.2) is 23.4 Å². The number of amides is 1. The van der Waals surface area contributed by atoms with E-state index in [9.17, 15) is 9.59 Å². The topological polar surface area (TPSA) is 79.3 Å². The molecule has 0 aliphatic heterocycles. The maximum absolute atomic E-state index is 11.5. The average molecular weight is 266 g/mol. The van der Waals surface area contributed by atoms with Gasteiger partial charge in [-0.1, -0.05) is 11.8 Å². The zero-order valence-electron chi connectivity index (χ0n) is 9.76. The summed E-state index contributed by atoms with van der Waals surface area (Å²) in [6.07, 6.45) is 3.85. The number of carbonyl (C=O) groups is 2. The Kier molecular flexibility index (Phi) is 4.19. The average Bonchev–Trinajstić information content (AvgIpc) is 3.18. The van der Waals surface area contributed by atoms with Crippen LogP contribution < -0.4 is 5.32 Å². The summed E-state index contributed by atoms with van der Waals surface area (Å²) in [5.41, 5.74) is 0.186. The summed E-state index contributed by atoms with van der Waals surface area (Å²) in [7, 11) is 0. The molecule has 5 nitrogen and oxygen atoms in total. The highest BCUT2D eigenvalue weighted by Crippen LogP contribution is 2.27. The fourth-order valence-corrected chi connectivity index (χ4v) is 2.12. The van der Waals surface area contributed by atoms with Gasteiger partial charge in [-0.15, -0.1) is 0 Å². The Bertz CT molecular complexity index is 460. The lowest BCUT2D eigenvalue weighted by atomic mass is 10.3. The Balaban J connectivity index is 1.79. The molecule has 0 atom stereocenters. The van der Waals surface area contributed by atoms with Gasteiger partial charge < -0.3 is 10.4 Å². The van der Waals surface area contributed by atoms with Crippen LogP contribution in [-0.2, 0) is 4.79 Å². The molecule has 18 heavy (non-hydrogen) atoms. The molecule has 1 aromatic rings. The van der Waals surface area contributed by atoms with Gasteiger partial charge >= 0.3 is 5.97 Å². The molecule has 1 aromatic heterocycles. The van der Waals surface area contributed by atoms with Crippen LogP contribution >= 0.6 is 11.8 Å². The molecule has 96 valence electrons. The van der Waals surface area contributed by atoms with Crippen molar-refractivity contribution in [3.8, 4) is 0 Å². The van der Waals surface area contributed by atoms with Gasteiger partial charge in [-0.3, -0.25) is 4.79 Å². The Hall–Kier alpha value is -1.56. The van der Waals surface area contributed by atoms with Crippen molar-refractivity contribution in [2.24, 2.45) is 5.92 Å². The summed E-state index contributed by atoms with van der Waals surface area (Å²) >= 11 is 1.25. The molecule has 2 rings (SSSR count). The minimum atomic E-state index is -0.988. The molecule has 1 saturated carbocycles. The van der Waals surface area contributed by atoms with E-state index in [1.807, 2.05) is 0 Å². The van der Waals surface area contributed by atoms with E-state index in [1.165, 1.54) is 42.9 Å². The minimum absolute atomic E-state index is 0.0329. The maximum Gasteiger partial charge on any atom is 0.335 e. The Morgan fingerprint density at radius 1 is 1.50 bits per heavy atom. The molecule has 0 unspecified atom stereocenters.